The molecule has 1 unspecified atom stereocenters. The van der Waals surface area contributed by atoms with Gasteiger partial charge in [-0.1, -0.05) is 6.07 Å². The third kappa shape index (κ3) is 3.66. The molecule has 1 aliphatic rings. The summed E-state index contributed by atoms with van der Waals surface area (Å²) in [7, 11) is 0. The molecule has 1 aromatic heterocycles. The van der Waals surface area contributed by atoms with Crippen LogP contribution in [0.5, 0.6) is 0 Å². The molecule has 114 valence electrons. The van der Waals surface area contributed by atoms with Crippen molar-refractivity contribution in [3.05, 3.63) is 36.0 Å². The van der Waals surface area contributed by atoms with Gasteiger partial charge in [0.25, 0.3) is 0 Å². The number of rotatable bonds is 4. The van der Waals surface area contributed by atoms with Gasteiger partial charge in [0.2, 0.25) is 0 Å². The van der Waals surface area contributed by atoms with Gasteiger partial charge in [-0.05, 0) is 62.8 Å². The SMILES string of the molecule is CC(C)(C)NCc1ccc2c(ccn2CC2CCCO2)c1. The first kappa shape index (κ1) is 14.6. The summed E-state index contributed by atoms with van der Waals surface area (Å²) in [4.78, 5) is 0. The van der Waals surface area contributed by atoms with Gasteiger partial charge in [0, 0.05) is 36.9 Å². The average Bonchev–Trinajstić information content (AvgIpc) is 3.06. The van der Waals surface area contributed by atoms with E-state index in [9.17, 15) is 0 Å². The highest BCUT2D eigenvalue weighted by Crippen LogP contribution is 2.21. The highest BCUT2D eigenvalue weighted by atomic mass is 16.5. The second-order valence-electron chi connectivity index (χ2n) is 7.10. The zero-order chi connectivity index (χ0) is 14.9. The molecule has 0 radical (unpaired) electrons. The molecular weight excluding hydrogens is 260 g/mol. The van der Waals surface area contributed by atoms with Gasteiger partial charge in [0.1, 0.15) is 0 Å². The van der Waals surface area contributed by atoms with Crippen molar-refractivity contribution < 1.29 is 4.74 Å². The third-order valence-corrected chi connectivity index (χ3v) is 4.08. The van der Waals surface area contributed by atoms with Crippen LogP contribution >= 0.6 is 0 Å². The van der Waals surface area contributed by atoms with Crippen molar-refractivity contribution in [2.45, 2.75) is 58.3 Å². The van der Waals surface area contributed by atoms with E-state index in [1.54, 1.807) is 0 Å². The summed E-state index contributed by atoms with van der Waals surface area (Å²) in [6.07, 6.45) is 4.97. The summed E-state index contributed by atoms with van der Waals surface area (Å²) >= 11 is 0. The Balaban J connectivity index is 1.74. The summed E-state index contributed by atoms with van der Waals surface area (Å²) in [5.41, 5.74) is 2.80. The third-order valence-electron chi connectivity index (χ3n) is 4.08. The molecule has 1 aliphatic heterocycles. The Morgan fingerprint density at radius 3 is 2.86 bits per heavy atom. The fourth-order valence-electron chi connectivity index (χ4n) is 2.89. The molecule has 1 fully saturated rings. The van der Waals surface area contributed by atoms with Gasteiger partial charge in [-0.3, -0.25) is 0 Å². The summed E-state index contributed by atoms with van der Waals surface area (Å²) < 4.78 is 8.07. The Morgan fingerprint density at radius 2 is 2.14 bits per heavy atom. The van der Waals surface area contributed by atoms with Crippen LogP contribution < -0.4 is 5.32 Å². The summed E-state index contributed by atoms with van der Waals surface area (Å²) in [6.45, 7) is 9.41. The molecule has 0 bridgehead atoms. The molecular formula is C18H26N2O. The number of nitrogens with one attached hydrogen (secondary N) is 1. The Morgan fingerprint density at radius 1 is 1.29 bits per heavy atom. The monoisotopic (exact) mass is 286 g/mol. The fourth-order valence-corrected chi connectivity index (χ4v) is 2.89. The van der Waals surface area contributed by atoms with E-state index in [1.165, 1.54) is 29.3 Å². The molecule has 21 heavy (non-hydrogen) atoms. The Hall–Kier alpha value is -1.32. The molecule has 1 atom stereocenters. The number of fused-ring (bicyclic) bond motifs is 1. The molecule has 2 aromatic rings. The first-order chi connectivity index (χ1) is 10.0. The van der Waals surface area contributed by atoms with Crippen LogP contribution in [-0.2, 0) is 17.8 Å². The second-order valence-corrected chi connectivity index (χ2v) is 7.10. The minimum Gasteiger partial charge on any atom is -0.376 e. The smallest absolute Gasteiger partial charge is 0.0754 e. The lowest BCUT2D eigenvalue weighted by Gasteiger charge is -2.20. The molecule has 0 amide bonds. The van der Waals surface area contributed by atoms with Gasteiger partial charge in [-0.2, -0.15) is 0 Å². The Labute approximate surface area is 127 Å². The van der Waals surface area contributed by atoms with Crippen molar-refractivity contribution in [3.8, 4) is 0 Å². The largest absolute Gasteiger partial charge is 0.376 e. The number of hydrogen-bond acceptors (Lipinski definition) is 2. The van der Waals surface area contributed by atoms with Gasteiger partial charge in [-0.25, -0.2) is 0 Å². The maximum Gasteiger partial charge on any atom is 0.0754 e. The maximum atomic E-state index is 5.74. The lowest BCUT2D eigenvalue weighted by molar-refractivity contribution is 0.0980. The zero-order valence-electron chi connectivity index (χ0n) is 13.4. The minimum atomic E-state index is 0.153. The molecule has 0 saturated carbocycles. The number of benzene rings is 1. The van der Waals surface area contributed by atoms with Crippen LogP contribution in [0.15, 0.2) is 30.5 Å². The molecule has 0 aliphatic carbocycles. The zero-order valence-corrected chi connectivity index (χ0v) is 13.4. The minimum absolute atomic E-state index is 0.153. The molecule has 2 heterocycles. The van der Waals surface area contributed by atoms with Crippen molar-refractivity contribution >= 4 is 10.9 Å². The van der Waals surface area contributed by atoms with Crippen LogP contribution in [0.3, 0.4) is 0 Å². The second kappa shape index (κ2) is 5.82. The van der Waals surface area contributed by atoms with Crippen molar-refractivity contribution in [1.82, 2.24) is 9.88 Å². The van der Waals surface area contributed by atoms with Gasteiger partial charge in [-0.15, -0.1) is 0 Å². The molecule has 3 nitrogen and oxygen atoms in total. The van der Waals surface area contributed by atoms with Crippen LogP contribution in [0.1, 0.15) is 39.2 Å². The van der Waals surface area contributed by atoms with Crippen LogP contribution in [0.25, 0.3) is 10.9 Å². The van der Waals surface area contributed by atoms with Crippen molar-refractivity contribution in [2.75, 3.05) is 6.61 Å². The number of aromatic nitrogens is 1. The standard InChI is InChI=1S/C18H26N2O/c1-18(2,3)19-12-14-6-7-17-15(11-14)8-9-20(17)13-16-5-4-10-21-16/h6-9,11,16,19H,4-5,10,12-13H2,1-3H3. The van der Waals surface area contributed by atoms with E-state index in [0.717, 1.165) is 19.7 Å². The van der Waals surface area contributed by atoms with Gasteiger partial charge >= 0.3 is 0 Å². The number of nitrogens with zero attached hydrogens (tertiary/aromatic N) is 1. The predicted molar refractivity (Wildman–Crippen MR) is 87.5 cm³/mol. The number of hydrogen-bond donors (Lipinski definition) is 1. The maximum absolute atomic E-state index is 5.74. The van der Waals surface area contributed by atoms with E-state index in [1.807, 2.05) is 0 Å². The lowest BCUT2D eigenvalue weighted by Crippen LogP contribution is -2.35. The summed E-state index contributed by atoms with van der Waals surface area (Å²) in [5.74, 6) is 0. The van der Waals surface area contributed by atoms with Crippen LogP contribution in [-0.4, -0.2) is 22.8 Å². The van der Waals surface area contributed by atoms with Gasteiger partial charge in [0.15, 0.2) is 0 Å². The fraction of sp³-hybridized carbons (Fsp3) is 0.556. The number of ether oxygens (including phenoxy) is 1. The van der Waals surface area contributed by atoms with E-state index < -0.39 is 0 Å². The average molecular weight is 286 g/mol. The van der Waals surface area contributed by atoms with Crippen LogP contribution in [0.4, 0.5) is 0 Å². The van der Waals surface area contributed by atoms with E-state index in [0.29, 0.717) is 6.10 Å². The first-order valence-electron chi connectivity index (χ1n) is 7.96. The molecule has 3 rings (SSSR count). The molecule has 3 heteroatoms. The van der Waals surface area contributed by atoms with E-state index in [-0.39, 0.29) is 5.54 Å². The summed E-state index contributed by atoms with van der Waals surface area (Å²) in [6, 6.07) is 8.97. The van der Waals surface area contributed by atoms with Gasteiger partial charge < -0.3 is 14.6 Å². The molecule has 1 N–H and O–H groups in total. The van der Waals surface area contributed by atoms with E-state index in [2.05, 4.69) is 61.1 Å². The molecule has 1 aromatic carbocycles. The van der Waals surface area contributed by atoms with Crippen LogP contribution in [0, 0.1) is 0 Å². The van der Waals surface area contributed by atoms with Crippen LogP contribution in [0.2, 0.25) is 0 Å². The van der Waals surface area contributed by atoms with Crippen molar-refractivity contribution in [2.24, 2.45) is 0 Å². The Kier molecular flexibility index (Phi) is 4.05. The normalized spacial score (nSPS) is 19.5. The highest BCUT2D eigenvalue weighted by molar-refractivity contribution is 5.80. The topological polar surface area (TPSA) is 26.2 Å². The highest BCUT2D eigenvalue weighted by Gasteiger charge is 2.16. The quantitative estimate of drug-likeness (QED) is 0.927. The van der Waals surface area contributed by atoms with Crippen molar-refractivity contribution in [1.29, 1.82) is 0 Å². The lowest BCUT2D eigenvalue weighted by atomic mass is 10.1. The van der Waals surface area contributed by atoms with Crippen molar-refractivity contribution in [3.63, 3.8) is 0 Å². The van der Waals surface area contributed by atoms with E-state index in [4.69, 9.17) is 4.74 Å². The first-order valence-corrected chi connectivity index (χ1v) is 7.96. The predicted octanol–water partition coefficient (Wildman–Crippen LogP) is 3.71. The molecule has 1 saturated heterocycles. The van der Waals surface area contributed by atoms with E-state index >= 15 is 0 Å². The summed E-state index contributed by atoms with van der Waals surface area (Å²) in [5, 5.41) is 4.86. The van der Waals surface area contributed by atoms with Gasteiger partial charge in [0.05, 0.1) is 6.10 Å². The Bertz CT molecular complexity index is 603. The molecule has 0 spiro atoms.